The van der Waals surface area contributed by atoms with Gasteiger partial charge < -0.3 is 5.32 Å². The van der Waals surface area contributed by atoms with Crippen molar-refractivity contribution in [2.45, 2.75) is 19.9 Å². The minimum Gasteiger partial charge on any atom is -0.348 e. The van der Waals surface area contributed by atoms with Crippen molar-refractivity contribution in [3.8, 4) is 0 Å². The molecule has 0 aromatic heterocycles. The van der Waals surface area contributed by atoms with Crippen molar-refractivity contribution in [2.24, 2.45) is 5.92 Å². The molecule has 0 aliphatic heterocycles. The molecule has 1 N–H and O–H groups in total. The zero-order valence-electron chi connectivity index (χ0n) is 11.5. The summed E-state index contributed by atoms with van der Waals surface area (Å²) >= 11 is 6.90. The lowest BCUT2D eigenvalue weighted by atomic mass is 10.0. The van der Waals surface area contributed by atoms with Gasteiger partial charge in [-0.25, -0.2) is 0 Å². The molecule has 0 spiro atoms. The number of carbonyl (C=O) groups is 1. The molecule has 0 aliphatic carbocycles. The van der Waals surface area contributed by atoms with Crippen molar-refractivity contribution in [2.75, 3.05) is 5.33 Å². The molecule has 20 heavy (non-hydrogen) atoms. The molecular weight excluding hydrogens is 382 g/mol. The molecular formula is C16H17Br2NO. The first-order valence-corrected chi connectivity index (χ1v) is 8.49. The normalized spacial score (nSPS) is 12.7. The van der Waals surface area contributed by atoms with E-state index in [9.17, 15) is 4.79 Å². The Bertz CT molecular complexity index is 625. The van der Waals surface area contributed by atoms with Crippen molar-refractivity contribution in [3.63, 3.8) is 0 Å². The van der Waals surface area contributed by atoms with Crippen LogP contribution in [0.1, 0.15) is 24.2 Å². The van der Waals surface area contributed by atoms with Gasteiger partial charge in [0.25, 0.3) is 5.91 Å². The number of hydrogen-bond donors (Lipinski definition) is 1. The molecule has 0 saturated carbocycles. The maximum absolute atomic E-state index is 12.3. The van der Waals surface area contributed by atoms with E-state index in [0.29, 0.717) is 11.5 Å². The topological polar surface area (TPSA) is 29.1 Å². The molecule has 2 aromatic carbocycles. The molecule has 1 atom stereocenters. The van der Waals surface area contributed by atoms with E-state index in [4.69, 9.17) is 0 Å². The van der Waals surface area contributed by atoms with E-state index in [1.807, 2.05) is 36.4 Å². The lowest BCUT2D eigenvalue weighted by Crippen LogP contribution is -2.39. The number of nitrogens with one attached hydrogen (secondary N) is 1. The van der Waals surface area contributed by atoms with E-state index in [2.05, 4.69) is 51.0 Å². The fourth-order valence-corrected chi connectivity index (χ4v) is 3.28. The van der Waals surface area contributed by atoms with Gasteiger partial charge in [-0.2, -0.15) is 0 Å². The molecule has 1 unspecified atom stereocenters. The van der Waals surface area contributed by atoms with Crippen LogP contribution < -0.4 is 5.32 Å². The van der Waals surface area contributed by atoms with Gasteiger partial charge in [0.05, 0.1) is 0 Å². The molecule has 2 nitrogen and oxygen atoms in total. The number of amides is 1. The average Bonchev–Trinajstić information content (AvgIpc) is 2.43. The van der Waals surface area contributed by atoms with Gasteiger partial charge in [-0.05, 0) is 41.0 Å². The number of hydrogen-bond acceptors (Lipinski definition) is 1. The standard InChI is InChI=1S/C16H17Br2NO/c1-10(2)15(9-17)19-16(20)13-4-3-12-8-14(18)6-5-11(12)7-13/h3-8,10,15H,9H2,1-2H3,(H,19,20). The smallest absolute Gasteiger partial charge is 0.251 e. The summed E-state index contributed by atoms with van der Waals surface area (Å²) in [6, 6.07) is 12.0. The molecule has 106 valence electrons. The van der Waals surface area contributed by atoms with Gasteiger partial charge in [0.15, 0.2) is 0 Å². The molecule has 0 saturated heterocycles. The van der Waals surface area contributed by atoms with Crippen LogP contribution >= 0.6 is 31.9 Å². The third-order valence-electron chi connectivity index (χ3n) is 3.35. The van der Waals surface area contributed by atoms with E-state index in [1.54, 1.807) is 0 Å². The lowest BCUT2D eigenvalue weighted by molar-refractivity contribution is 0.0932. The largest absolute Gasteiger partial charge is 0.348 e. The first kappa shape index (κ1) is 15.5. The summed E-state index contributed by atoms with van der Waals surface area (Å²) in [4.78, 5) is 12.3. The van der Waals surface area contributed by atoms with Crippen LogP contribution in [0.5, 0.6) is 0 Å². The third-order valence-corrected chi connectivity index (χ3v) is 4.54. The lowest BCUT2D eigenvalue weighted by Gasteiger charge is -2.20. The predicted molar refractivity (Wildman–Crippen MR) is 91.5 cm³/mol. The van der Waals surface area contributed by atoms with Crippen molar-refractivity contribution >= 4 is 48.5 Å². The summed E-state index contributed by atoms with van der Waals surface area (Å²) in [5.41, 5.74) is 0.700. The Balaban J connectivity index is 2.24. The highest BCUT2D eigenvalue weighted by atomic mass is 79.9. The van der Waals surface area contributed by atoms with Crippen molar-refractivity contribution in [1.82, 2.24) is 5.32 Å². The number of alkyl halides is 1. The SMILES string of the molecule is CC(C)C(CBr)NC(=O)c1ccc2cc(Br)ccc2c1. The second kappa shape index (κ2) is 6.72. The van der Waals surface area contributed by atoms with E-state index in [1.165, 1.54) is 0 Å². The zero-order chi connectivity index (χ0) is 14.7. The van der Waals surface area contributed by atoms with Crippen LogP contribution in [0.3, 0.4) is 0 Å². The highest BCUT2D eigenvalue weighted by Crippen LogP contribution is 2.21. The van der Waals surface area contributed by atoms with Crippen LogP contribution in [0.15, 0.2) is 40.9 Å². The maximum atomic E-state index is 12.3. The van der Waals surface area contributed by atoms with Crippen LogP contribution in [0.4, 0.5) is 0 Å². The zero-order valence-corrected chi connectivity index (χ0v) is 14.7. The Kier molecular flexibility index (Phi) is 5.22. The second-order valence-electron chi connectivity index (χ2n) is 5.18. The fourth-order valence-electron chi connectivity index (χ4n) is 1.99. The highest BCUT2D eigenvalue weighted by molar-refractivity contribution is 9.10. The first-order valence-electron chi connectivity index (χ1n) is 6.57. The van der Waals surface area contributed by atoms with Gasteiger partial charge in [-0.1, -0.05) is 57.8 Å². The van der Waals surface area contributed by atoms with E-state index in [0.717, 1.165) is 20.6 Å². The molecule has 0 bridgehead atoms. The van der Waals surface area contributed by atoms with Crippen molar-refractivity contribution < 1.29 is 4.79 Å². The molecule has 4 heteroatoms. The van der Waals surface area contributed by atoms with Gasteiger partial charge in [-0.15, -0.1) is 0 Å². The molecule has 1 amide bonds. The molecule has 2 aromatic rings. The Morgan fingerprint density at radius 1 is 1.15 bits per heavy atom. The fraction of sp³-hybridized carbons (Fsp3) is 0.312. The summed E-state index contributed by atoms with van der Waals surface area (Å²) < 4.78 is 1.04. The van der Waals surface area contributed by atoms with Crippen LogP contribution in [-0.2, 0) is 0 Å². The van der Waals surface area contributed by atoms with E-state index >= 15 is 0 Å². The minimum atomic E-state index is -0.0204. The van der Waals surface area contributed by atoms with E-state index < -0.39 is 0 Å². The number of rotatable bonds is 4. The molecule has 0 fully saturated rings. The highest BCUT2D eigenvalue weighted by Gasteiger charge is 2.16. The second-order valence-corrected chi connectivity index (χ2v) is 6.75. The Labute approximate surface area is 136 Å². The number of fused-ring (bicyclic) bond motifs is 1. The van der Waals surface area contributed by atoms with E-state index in [-0.39, 0.29) is 11.9 Å². The maximum Gasteiger partial charge on any atom is 0.251 e. The number of benzene rings is 2. The summed E-state index contributed by atoms with van der Waals surface area (Å²) in [5.74, 6) is 0.378. The van der Waals surface area contributed by atoms with Gasteiger partial charge >= 0.3 is 0 Å². The van der Waals surface area contributed by atoms with Crippen LogP contribution in [0.25, 0.3) is 10.8 Å². The Morgan fingerprint density at radius 2 is 1.80 bits per heavy atom. The third kappa shape index (κ3) is 3.61. The molecule has 0 heterocycles. The number of halogens is 2. The molecule has 0 aliphatic rings. The van der Waals surface area contributed by atoms with Crippen molar-refractivity contribution in [1.29, 1.82) is 0 Å². The predicted octanol–water partition coefficient (Wildman–Crippen LogP) is 4.75. The molecule has 2 rings (SSSR count). The Hall–Kier alpha value is -0.870. The quantitative estimate of drug-likeness (QED) is 0.739. The average molecular weight is 399 g/mol. The summed E-state index contributed by atoms with van der Waals surface area (Å²) in [5, 5.41) is 6.02. The summed E-state index contributed by atoms with van der Waals surface area (Å²) in [6.07, 6.45) is 0. The van der Waals surface area contributed by atoms with Crippen LogP contribution in [-0.4, -0.2) is 17.3 Å². The van der Waals surface area contributed by atoms with Crippen LogP contribution in [0, 0.1) is 5.92 Å². The van der Waals surface area contributed by atoms with Gasteiger partial charge in [-0.3, -0.25) is 4.79 Å². The first-order chi connectivity index (χ1) is 9.51. The number of carbonyl (C=O) groups excluding carboxylic acids is 1. The monoisotopic (exact) mass is 397 g/mol. The Morgan fingerprint density at radius 3 is 2.45 bits per heavy atom. The van der Waals surface area contributed by atoms with Gasteiger partial charge in [0.2, 0.25) is 0 Å². The minimum absolute atomic E-state index is 0.0204. The van der Waals surface area contributed by atoms with Crippen LogP contribution in [0.2, 0.25) is 0 Å². The molecule has 0 radical (unpaired) electrons. The van der Waals surface area contributed by atoms with Gasteiger partial charge in [0.1, 0.15) is 0 Å². The summed E-state index contributed by atoms with van der Waals surface area (Å²) in [6.45, 7) is 4.20. The van der Waals surface area contributed by atoms with Gasteiger partial charge in [0, 0.05) is 21.4 Å². The van der Waals surface area contributed by atoms with Crippen molar-refractivity contribution in [3.05, 3.63) is 46.4 Å². The summed E-state index contributed by atoms with van der Waals surface area (Å²) in [7, 11) is 0.